The number of rotatable bonds is 16. The molecule has 0 bridgehead atoms. The maximum atomic E-state index is 3.30. The highest BCUT2D eigenvalue weighted by Crippen LogP contribution is 2.23. The van der Waals surface area contributed by atoms with Gasteiger partial charge in [0.15, 0.2) is 0 Å². The van der Waals surface area contributed by atoms with E-state index in [4.69, 9.17) is 0 Å². The van der Waals surface area contributed by atoms with E-state index >= 15 is 0 Å². The fourth-order valence-corrected chi connectivity index (χ4v) is 3.48. The summed E-state index contributed by atoms with van der Waals surface area (Å²) in [4.78, 5) is 0. The molecule has 0 amide bonds. The largest absolute Gasteiger partial charge is 0.103 e. The molecule has 0 nitrogen and oxygen atoms in total. The molecule has 0 N–H and O–H groups in total. The molecule has 2 atom stereocenters. The molecule has 0 saturated carbocycles. The Bertz CT molecular complexity index is 293. The Balaban J connectivity index is 3.40. The van der Waals surface area contributed by atoms with Gasteiger partial charge in [-0.1, -0.05) is 105 Å². The van der Waals surface area contributed by atoms with Gasteiger partial charge in [-0.05, 0) is 24.7 Å². The summed E-state index contributed by atoms with van der Waals surface area (Å²) in [5.41, 5.74) is 0. The van der Waals surface area contributed by atoms with Crippen molar-refractivity contribution in [2.24, 2.45) is 11.8 Å². The van der Waals surface area contributed by atoms with E-state index in [0.29, 0.717) is 0 Å². The van der Waals surface area contributed by atoms with Crippen molar-refractivity contribution >= 4 is 0 Å². The Kier molecular flexibility index (Phi) is 18.5. The van der Waals surface area contributed by atoms with Crippen LogP contribution in [0.2, 0.25) is 0 Å². The molecule has 24 heavy (non-hydrogen) atoms. The topological polar surface area (TPSA) is 0 Å². The van der Waals surface area contributed by atoms with Gasteiger partial charge in [0.05, 0.1) is 0 Å². The predicted molar refractivity (Wildman–Crippen MR) is 111 cm³/mol. The van der Waals surface area contributed by atoms with Gasteiger partial charge >= 0.3 is 0 Å². The molecule has 0 aliphatic rings. The third-order valence-corrected chi connectivity index (χ3v) is 5.35. The molecule has 0 heteroatoms. The van der Waals surface area contributed by atoms with Crippen LogP contribution in [-0.4, -0.2) is 0 Å². The van der Waals surface area contributed by atoms with Crippen LogP contribution >= 0.6 is 0 Å². The SMILES string of the molecule is CCCC#CCCCCCCCC(C)CCCC(CC)CCCC. The molecule has 0 rings (SSSR count). The van der Waals surface area contributed by atoms with E-state index in [2.05, 4.69) is 39.5 Å². The van der Waals surface area contributed by atoms with E-state index < -0.39 is 0 Å². The molecule has 142 valence electrons. The summed E-state index contributed by atoms with van der Waals surface area (Å²) < 4.78 is 0. The van der Waals surface area contributed by atoms with Crippen LogP contribution in [0.25, 0.3) is 0 Å². The van der Waals surface area contributed by atoms with E-state index in [1.807, 2.05) is 0 Å². The lowest BCUT2D eigenvalue weighted by Crippen LogP contribution is -2.01. The van der Waals surface area contributed by atoms with E-state index in [1.54, 1.807) is 0 Å². The molecule has 0 aromatic heterocycles. The summed E-state index contributed by atoms with van der Waals surface area (Å²) in [6, 6.07) is 0. The first-order valence-corrected chi connectivity index (χ1v) is 11.2. The predicted octanol–water partition coefficient (Wildman–Crippen LogP) is 8.54. The van der Waals surface area contributed by atoms with Crippen molar-refractivity contribution in [2.45, 2.75) is 130 Å². The quantitative estimate of drug-likeness (QED) is 0.196. The molecule has 0 aliphatic heterocycles. The third kappa shape index (κ3) is 16.4. The second kappa shape index (κ2) is 18.9. The Hall–Kier alpha value is -0.440. The van der Waals surface area contributed by atoms with Crippen LogP contribution in [0.15, 0.2) is 0 Å². The zero-order valence-corrected chi connectivity index (χ0v) is 17.5. The molecule has 0 aromatic carbocycles. The minimum atomic E-state index is 0.939. The molecule has 0 aromatic rings. The average molecular weight is 335 g/mol. The van der Waals surface area contributed by atoms with Gasteiger partial charge in [0.1, 0.15) is 0 Å². The fraction of sp³-hybridized carbons (Fsp3) is 0.917. The van der Waals surface area contributed by atoms with Crippen LogP contribution in [0.5, 0.6) is 0 Å². The van der Waals surface area contributed by atoms with Crippen molar-refractivity contribution in [1.29, 1.82) is 0 Å². The normalized spacial score (nSPS) is 13.3. The summed E-state index contributed by atoms with van der Waals surface area (Å²) in [6.07, 6.45) is 21.8. The first-order valence-electron chi connectivity index (χ1n) is 11.2. The molecule has 2 unspecified atom stereocenters. The summed E-state index contributed by atoms with van der Waals surface area (Å²) in [7, 11) is 0. The highest BCUT2D eigenvalue weighted by atomic mass is 14.1. The summed E-state index contributed by atoms with van der Waals surface area (Å²) >= 11 is 0. The van der Waals surface area contributed by atoms with E-state index in [1.165, 1.54) is 89.9 Å². The summed E-state index contributed by atoms with van der Waals surface area (Å²) in [5.74, 6) is 8.48. The van der Waals surface area contributed by atoms with Gasteiger partial charge in [-0.2, -0.15) is 0 Å². The van der Waals surface area contributed by atoms with Crippen molar-refractivity contribution in [3.05, 3.63) is 0 Å². The van der Waals surface area contributed by atoms with Crippen LogP contribution < -0.4 is 0 Å². The number of hydrogen-bond acceptors (Lipinski definition) is 0. The smallest absolute Gasteiger partial charge is 0.00886 e. The van der Waals surface area contributed by atoms with Crippen LogP contribution in [0.3, 0.4) is 0 Å². The molecule has 0 spiro atoms. The van der Waals surface area contributed by atoms with Gasteiger partial charge in [0.25, 0.3) is 0 Å². The van der Waals surface area contributed by atoms with Gasteiger partial charge < -0.3 is 0 Å². The van der Waals surface area contributed by atoms with Crippen molar-refractivity contribution < 1.29 is 0 Å². The minimum Gasteiger partial charge on any atom is -0.103 e. The third-order valence-electron chi connectivity index (χ3n) is 5.35. The van der Waals surface area contributed by atoms with Crippen molar-refractivity contribution in [1.82, 2.24) is 0 Å². The Morgan fingerprint density at radius 2 is 1.21 bits per heavy atom. The molecule has 0 aliphatic carbocycles. The molecule has 0 saturated heterocycles. The average Bonchev–Trinajstić information content (AvgIpc) is 2.59. The molecule has 0 fully saturated rings. The van der Waals surface area contributed by atoms with Crippen LogP contribution in [-0.2, 0) is 0 Å². The minimum absolute atomic E-state index is 0.939. The highest BCUT2D eigenvalue weighted by molar-refractivity contribution is 4.98. The van der Waals surface area contributed by atoms with Gasteiger partial charge in [-0.15, -0.1) is 11.8 Å². The lowest BCUT2D eigenvalue weighted by Gasteiger charge is -2.16. The van der Waals surface area contributed by atoms with E-state index in [9.17, 15) is 0 Å². The van der Waals surface area contributed by atoms with Crippen molar-refractivity contribution in [2.75, 3.05) is 0 Å². The summed E-state index contributed by atoms with van der Waals surface area (Å²) in [6.45, 7) is 9.36. The summed E-state index contributed by atoms with van der Waals surface area (Å²) in [5, 5.41) is 0. The monoisotopic (exact) mass is 334 g/mol. The maximum Gasteiger partial charge on any atom is 0.00886 e. The van der Waals surface area contributed by atoms with E-state index in [0.717, 1.165) is 24.7 Å². The first-order chi connectivity index (χ1) is 11.7. The maximum absolute atomic E-state index is 3.30. The lowest BCUT2D eigenvalue weighted by molar-refractivity contribution is 0.371. The first kappa shape index (κ1) is 23.6. The number of hydrogen-bond donors (Lipinski definition) is 0. The number of unbranched alkanes of at least 4 members (excludes halogenated alkanes) is 7. The van der Waals surface area contributed by atoms with Crippen molar-refractivity contribution in [3.63, 3.8) is 0 Å². The van der Waals surface area contributed by atoms with Crippen LogP contribution in [0.1, 0.15) is 130 Å². The Morgan fingerprint density at radius 3 is 1.92 bits per heavy atom. The lowest BCUT2D eigenvalue weighted by atomic mass is 9.90. The standard InChI is InChI=1S/C24H46/c1-5-8-10-11-12-13-14-15-16-17-19-23(4)20-18-22-24(7-3)21-9-6-2/h23-24H,5-9,12-22H2,1-4H3. The molecular formula is C24H46. The second-order valence-electron chi connectivity index (χ2n) is 7.86. The zero-order valence-electron chi connectivity index (χ0n) is 17.5. The molecular weight excluding hydrogens is 288 g/mol. The van der Waals surface area contributed by atoms with Gasteiger partial charge in [-0.3, -0.25) is 0 Å². The second-order valence-corrected chi connectivity index (χ2v) is 7.86. The molecule has 0 radical (unpaired) electrons. The molecule has 0 heterocycles. The van der Waals surface area contributed by atoms with E-state index in [-0.39, 0.29) is 0 Å². The Morgan fingerprint density at radius 1 is 0.583 bits per heavy atom. The van der Waals surface area contributed by atoms with Crippen LogP contribution in [0, 0.1) is 23.7 Å². The van der Waals surface area contributed by atoms with Crippen LogP contribution in [0.4, 0.5) is 0 Å². The van der Waals surface area contributed by atoms with Crippen molar-refractivity contribution in [3.8, 4) is 11.8 Å². The highest BCUT2D eigenvalue weighted by Gasteiger charge is 2.07. The van der Waals surface area contributed by atoms with Gasteiger partial charge in [0.2, 0.25) is 0 Å². The fourth-order valence-electron chi connectivity index (χ4n) is 3.48. The van der Waals surface area contributed by atoms with Gasteiger partial charge in [0, 0.05) is 12.8 Å². The zero-order chi connectivity index (χ0) is 17.9. The van der Waals surface area contributed by atoms with Gasteiger partial charge in [-0.25, -0.2) is 0 Å². The Labute approximate surface area is 154 Å².